The Kier molecular flexibility index (Phi) is 37.2. The van der Waals surface area contributed by atoms with Crippen molar-refractivity contribution in [2.75, 3.05) is 33.0 Å². The van der Waals surface area contributed by atoms with Crippen LogP contribution in [0.25, 0.3) is 0 Å². The Hall–Kier alpha value is -11.0. The zero-order valence-electron chi connectivity index (χ0n) is 69.4. The van der Waals surface area contributed by atoms with E-state index in [2.05, 4.69) is 4.74 Å². The van der Waals surface area contributed by atoms with Crippen molar-refractivity contribution < 1.29 is 133 Å². The molecule has 686 valence electrons. The van der Waals surface area contributed by atoms with Crippen LogP contribution < -0.4 is 28.4 Å². The van der Waals surface area contributed by atoms with Crippen LogP contribution in [0, 0.1) is 5.82 Å². The van der Waals surface area contributed by atoms with E-state index in [1.54, 1.807) is 109 Å². The monoisotopic (exact) mass is 1910 g/mol. The summed E-state index contributed by atoms with van der Waals surface area (Å²) in [6.45, 7) is -0.0522. The summed E-state index contributed by atoms with van der Waals surface area (Å²) < 4.78 is 120. The van der Waals surface area contributed by atoms with Gasteiger partial charge in [0.05, 0.1) is 63.9 Å². The molecule has 5 heterocycles. The number of carbonyl (C=O) groups is 10. The minimum atomic E-state index is -4.77. The minimum Gasteiger partial charge on any atom is -0.491 e. The van der Waals surface area contributed by atoms with Crippen molar-refractivity contribution in [2.45, 2.75) is 134 Å². The highest BCUT2D eigenvalue weighted by atomic mass is 35.5. The zero-order valence-corrected chi connectivity index (χ0v) is 74.2. The van der Waals surface area contributed by atoms with Gasteiger partial charge in [-0.15, -0.1) is 13.2 Å². The highest BCUT2D eigenvalue weighted by Gasteiger charge is 2.38. The van der Waals surface area contributed by atoms with E-state index in [0.717, 1.165) is 122 Å². The van der Waals surface area contributed by atoms with E-state index in [1.807, 2.05) is 78.9 Å². The van der Waals surface area contributed by atoms with E-state index in [0.29, 0.717) is 71.4 Å². The van der Waals surface area contributed by atoms with Crippen LogP contribution in [0.4, 0.5) is 30.7 Å². The van der Waals surface area contributed by atoms with Gasteiger partial charge in [-0.1, -0.05) is 216 Å². The third kappa shape index (κ3) is 32.5. The van der Waals surface area contributed by atoms with E-state index < -0.39 is 54.4 Å². The summed E-state index contributed by atoms with van der Waals surface area (Å²) in [6, 6.07) is 67.4. The van der Waals surface area contributed by atoms with Gasteiger partial charge in [-0.2, -0.15) is 13.2 Å². The van der Waals surface area contributed by atoms with Gasteiger partial charge in [0.25, 0.3) is 0 Å². The summed E-state index contributed by atoms with van der Waals surface area (Å²) in [5, 5.41) is 49.2. The zero-order chi connectivity index (χ0) is 93.9. The van der Waals surface area contributed by atoms with Crippen LogP contribution in [0.15, 0.2) is 249 Å². The SMILES string of the molecule is O=C1CC(=O)C(Cc2ccc(OC[C@@H](O)c3ccc(Cl)cc3)cc2)S1.O=C1CC(=O)C(Cc2ccc(OC[C@@H](O)c3ccc(OC(F)(F)F)cc3)cc2)S1.O=C1CC(=O)C(Cc2ccc(OC[C@@H](O)c3cccc(C(F)(F)F)c3)cc2)S1.O=C1CC(=O)C(Cc2ccc(OC[C@@H](O)c3ccccc3)cc2)S1.O=C1CC(=O)C(Cc2ccc(OC[C@@H](O)c3ccccc3F)cc2)S1. The summed E-state index contributed by atoms with van der Waals surface area (Å²) >= 11 is 11.3. The maximum atomic E-state index is 13.6. The molecule has 5 N–H and O–H groups in total. The van der Waals surface area contributed by atoms with Crippen LogP contribution in [-0.4, -0.2) is 146 Å². The quantitative estimate of drug-likeness (QED) is 0.0199. The number of ether oxygens (including phenoxy) is 6. The standard InChI is InChI=1S/C20H17F3O5S.C20H17F3O4S.C19H17ClO4S.C19H17FO4S.C19H18O4S/c21-20(22,23)28-15-7-3-13(4-8-15)17(25)11-27-14-5-1-12(2-6-14)9-18-16(24)10-19(26)29-18;21-20(22,23)14-3-1-2-13(9-14)17(25)11-27-15-6-4-12(5-7-15)8-18-16(24)10-19(26)28-18;20-14-5-3-13(4-6-14)17(22)11-24-15-7-1-12(2-8-15)9-18-16(21)10-19(23)25-18;20-15-4-2-1-3-14(15)17(22)11-24-13-7-5-12(6-8-13)9-18-16(21)10-19(23)25-18;20-16-11-19(22)24-18(16)10-13-6-8-15(9-7-13)23-12-17(21)14-4-2-1-3-5-14/h1-8,17-18,25H,9-11H2;1-7,9,17-18,25H,8,10-11H2;2*1-8,17-18,22H,9-11H2;1-9,17-18,21H,10-12H2/t5*17-,18?/m11111/s1. The Balaban J connectivity index is 0.000000158. The Morgan fingerprint density at radius 2 is 0.565 bits per heavy atom. The molecule has 0 aliphatic carbocycles. The number of hydrogen-bond donors (Lipinski definition) is 5. The van der Waals surface area contributed by atoms with Crippen LogP contribution in [0.3, 0.4) is 0 Å². The first-order chi connectivity index (χ1) is 62.6. The Labute approximate surface area is 774 Å². The smallest absolute Gasteiger partial charge is 0.491 e. The fourth-order valence-electron chi connectivity index (χ4n) is 13.3. The molecule has 5 aliphatic rings. The fourth-order valence-corrected chi connectivity index (χ4v) is 18.6. The predicted molar refractivity (Wildman–Crippen MR) is 482 cm³/mol. The molecule has 15 rings (SSSR count). The summed E-state index contributed by atoms with van der Waals surface area (Å²) in [5.41, 5.74) is 6.08. The lowest BCUT2D eigenvalue weighted by Crippen LogP contribution is -2.17. The predicted octanol–water partition coefficient (Wildman–Crippen LogP) is 17.4. The van der Waals surface area contributed by atoms with Gasteiger partial charge in [-0.25, -0.2) is 4.39 Å². The molecule has 5 unspecified atom stereocenters. The van der Waals surface area contributed by atoms with Gasteiger partial charge >= 0.3 is 12.5 Å². The molecule has 5 fully saturated rings. The summed E-state index contributed by atoms with van der Waals surface area (Å²) in [6.07, 6.45) is -11.4. The van der Waals surface area contributed by atoms with Gasteiger partial charge in [-0.05, 0) is 185 Å². The normalized spacial score (nSPS) is 18.3. The molecule has 0 amide bonds. The number of aliphatic hydroxyl groups is 5. The molecule has 10 aromatic carbocycles. The molecular formula is C97H86ClF7O21S5. The molecule has 10 atom stereocenters. The Morgan fingerprint density at radius 3 is 0.847 bits per heavy atom. The molecular weight excluding hydrogens is 1830 g/mol. The van der Waals surface area contributed by atoms with Gasteiger partial charge in [0.2, 0.25) is 0 Å². The molecule has 0 spiro atoms. The first-order valence-electron chi connectivity index (χ1n) is 40.7. The molecule has 131 heavy (non-hydrogen) atoms. The van der Waals surface area contributed by atoms with Crippen molar-refractivity contribution in [2.24, 2.45) is 0 Å². The number of Topliss-reactive ketones (excluding diaryl/α,β-unsaturated/α-hetero) is 5. The molecule has 0 aromatic heterocycles. The second-order valence-electron chi connectivity index (χ2n) is 30.2. The first-order valence-corrected chi connectivity index (χ1v) is 45.5. The molecule has 0 saturated carbocycles. The lowest BCUT2D eigenvalue weighted by atomic mass is 10.1. The minimum absolute atomic E-state index is 0.00131. The number of rotatable bonds is 31. The van der Waals surface area contributed by atoms with Crippen molar-refractivity contribution >= 4 is 125 Å². The molecule has 34 heteroatoms. The second-order valence-corrected chi connectivity index (χ2v) is 36.9. The largest absolute Gasteiger partial charge is 0.573 e. The van der Waals surface area contributed by atoms with Crippen LogP contribution in [0.5, 0.6) is 34.5 Å². The average Bonchev–Trinajstić information content (AvgIpc) is 1.62. The number of thioether (sulfide) groups is 5. The number of halogens is 8. The molecule has 0 bridgehead atoms. The number of carbonyl (C=O) groups excluding carboxylic acids is 10. The van der Waals surface area contributed by atoms with E-state index in [4.69, 9.17) is 35.3 Å². The molecule has 10 aromatic rings. The third-order valence-corrected chi connectivity index (χ3v) is 26.2. The van der Waals surface area contributed by atoms with E-state index in [9.17, 15) is 104 Å². The van der Waals surface area contributed by atoms with E-state index in [1.165, 1.54) is 36.4 Å². The van der Waals surface area contributed by atoms with Gasteiger partial charge in [-0.3, -0.25) is 47.9 Å². The Morgan fingerprint density at radius 1 is 0.305 bits per heavy atom. The van der Waals surface area contributed by atoms with Gasteiger partial charge in [0.1, 0.15) is 104 Å². The van der Waals surface area contributed by atoms with Crippen molar-refractivity contribution in [3.63, 3.8) is 0 Å². The summed E-state index contributed by atoms with van der Waals surface area (Å²) in [4.78, 5) is 115. The number of hydrogen-bond acceptors (Lipinski definition) is 26. The lowest BCUT2D eigenvalue weighted by molar-refractivity contribution is -0.274. The number of aliphatic hydroxyl groups excluding tert-OH is 5. The van der Waals surface area contributed by atoms with Crippen molar-refractivity contribution in [3.05, 3.63) is 321 Å². The topological polar surface area (TPSA) is 327 Å². The molecule has 0 radical (unpaired) electrons. The average molecular weight is 1920 g/mol. The molecule has 21 nitrogen and oxygen atoms in total. The number of benzene rings is 10. The van der Waals surface area contributed by atoms with E-state index >= 15 is 0 Å². The van der Waals surface area contributed by atoms with Crippen LogP contribution >= 0.6 is 70.4 Å². The van der Waals surface area contributed by atoms with Gasteiger partial charge < -0.3 is 54.0 Å². The third-order valence-electron chi connectivity index (χ3n) is 20.3. The highest BCUT2D eigenvalue weighted by molar-refractivity contribution is 8.16. The van der Waals surface area contributed by atoms with Crippen molar-refractivity contribution in [3.8, 4) is 34.5 Å². The van der Waals surface area contributed by atoms with Crippen LogP contribution in [0.2, 0.25) is 5.02 Å². The van der Waals surface area contributed by atoms with Gasteiger partial charge in [0, 0.05) is 10.6 Å². The summed E-state index contributed by atoms with van der Waals surface area (Å²) in [7, 11) is 0. The maximum Gasteiger partial charge on any atom is 0.573 e. The van der Waals surface area contributed by atoms with Crippen molar-refractivity contribution in [1.82, 2.24) is 0 Å². The highest BCUT2D eigenvalue weighted by Crippen LogP contribution is 2.37. The summed E-state index contributed by atoms with van der Waals surface area (Å²) in [5.74, 6) is 1.79. The Bertz CT molecular complexity index is 5570. The molecule has 5 saturated heterocycles. The van der Waals surface area contributed by atoms with E-state index in [-0.39, 0.29) is 163 Å². The second kappa shape index (κ2) is 48.4. The van der Waals surface area contributed by atoms with Crippen LogP contribution in [0.1, 0.15) is 124 Å². The van der Waals surface area contributed by atoms with Gasteiger partial charge in [0.15, 0.2) is 54.5 Å². The van der Waals surface area contributed by atoms with Crippen LogP contribution in [-0.2, 0) is 86.2 Å². The molecule has 5 aliphatic heterocycles. The number of alkyl halides is 6. The van der Waals surface area contributed by atoms with Crippen molar-refractivity contribution in [1.29, 1.82) is 0 Å². The fraction of sp³-hybridized carbons (Fsp3) is 0.278. The lowest BCUT2D eigenvalue weighted by Gasteiger charge is -2.15. The maximum absolute atomic E-state index is 13.6. The number of ketones is 5. The first kappa shape index (κ1) is 101.